The molecule has 0 unspecified atom stereocenters. The molecule has 9 heteroatoms. The predicted octanol–water partition coefficient (Wildman–Crippen LogP) is 0.568. The molecule has 0 spiro atoms. The van der Waals surface area contributed by atoms with Gasteiger partial charge in [-0.3, -0.25) is 14.9 Å². The quantitative estimate of drug-likeness (QED) is 0.873. The van der Waals surface area contributed by atoms with E-state index in [1.165, 1.54) is 4.31 Å². The summed E-state index contributed by atoms with van der Waals surface area (Å²) in [5.74, 6) is -0.177. The Morgan fingerprint density at radius 2 is 1.88 bits per heavy atom. The number of aromatic nitrogens is 3. The van der Waals surface area contributed by atoms with Gasteiger partial charge in [-0.1, -0.05) is 6.07 Å². The molecular weight excluding hydrogens is 330 g/mol. The molecular formula is C15H19N5O3S. The van der Waals surface area contributed by atoms with Crippen molar-refractivity contribution in [3.05, 3.63) is 41.5 Å². The third-order valence-corrected chi connectivity index (χ3v) is 6.23. The number of amides is 1. The van der Waals surface area contributed by atoms with Crippen LogP contribution in [0.1, 0.15) is 21.9 Å². The number of pyridine rings is 1. The smallest absolute Gasteiger partial charge is 0.272 e. The second-order valence-electron chi connectivity index (χ2n) is 5.67. The molecule has 1 aliphatic heterocycles. The van der Waals surface area contributed by atoms with Crippen LogP contribution in [0.15, 0.2) is 29.3 Å². The Bertz CT molecular complexity index is 820. The van der Waals surface area contributed by atoms with E-state index in [0.29, 0.717) is 30.2 Å². The van der Waals surface area contributed by atoms with Gasteiger partial charge in [0.15, 0.2) is 0 Å². The van der Waals surface area contributed by atoms with Crippen LogP contribution in [0, 0.1) is 13.8 Å². The highest BCUT2D eigenvalue weighted by Gasteiger charge is 2.33. The van der Waals surface area contributed by atoms with E-state index in [-0.39, 0.29) is 23.9 Å². The molecule has 2 aromatic rings. The molecule has 24 heavy (non-hydrogen) atoms. The van der Waals surface area contributed by atoms with Gasteiger partial charge in [0, 0.05) is 32.4 Å². The Labute approximate surface area is 140 Å². The normalized spacial score (nSPS) is 16.3. The van der Waals surface area contributed by atoms with Gasteiger partial charge >= 0.3 is 0 Å². The number of hydrogen-bond donors (Lipinski definition) is 1. The Morgan fingerprint density at radius 1 is 1.17 bits per heavy atom. The summed E-state index contributed by atoms with van der Waals surface area (Å²) in [6.07, 6.45) is 1.57. The standard InChI is InChI=1S/C15H19N5O3S/c1-11-14(12(2)18-17-11)24(22,23)20-9-7-19(8-10-20)15(21)13-5-3-4-6-16-13/h3-6H,7-10H2,1-2H3,(H,17,18). The third-order valence-electron chi connectivity index (χ3n) is 4.07. The molecule has 3 rings (SSSR count). The van der Waals surface area contributed by atoms with Crippen LogP contribution in [-0.2, 0) is 10.0 Å². The minimum atomic E-state index is -3.61. The third kappa shape index (κ3) is 2.92. The number of nitrogens with one attached hydrogen (secondary N) is 1. The highest BCUT2D eigenvalue weighted by molar-refractivity contribution is 7.89. The number of hydrogen-bond acceptors (Lipinski definition) is 5. The number of aryl methyl sites for hydroxylation is 2. The molecule has 0 aromatic carbocycles. The lowest BCUT2D eigenvalue weighted by Gasteiger charge is -2.33. The number of carbonyl (C=O) groups is 1. The maximum Gasteiger partial charge on any atom is 0.272 e. The highest BCUT2D eigenvalue weighted by atomic mass is 32.2. The first-order valence-electron chi connectivity index (χ1n) is 7.63. The van der Waals surface area contributed by atoms with Crippen LogP contribution < -0.4 is 0 Å². The number of piperazine rings is 1. The van der Waals surface area contributed by atoms with Gasteiger partial charge in [0.1, 0.15) is 10.6 Å². The molecule has 0 aliphatic carbocycles. The fourth-order valence-electron chi connectivity index (χ4n) is 2.83. The lowest BCUT2D eigenvalue weighted by Crippen LogP contribution is -2.50. The van der Waals surface area contributed by atoms with Crippen molar-refractivity contribution in [3.8, 4) is 0 Å². The van der Waals surface area contributed by atoms with E-state index < -0.39 is 10.0 Å². The Morgan fingerprint density at radius 3 is 2.42 bits per heavy atom. The van der Waals surface area contributed by atoms with E-state index in [1.54, 1.807) is 43.1 Å². The highest BCUT2D eigenvalue weighted by Crippen LogP contribution is 2.23. The van der Waals surface area contributed by atoms with Crippen molar-refractivity contribution < 1.29 is 13.2 Å². The first-order chi connectivity index (χ1) is 11.4. The lowest BCUT2D eigenvalue weighted by atomic mass is 10.3. The van der Waals surface area contributed by atoms with Gasteiger partial charge in [0.25, 0.3) is 5.91 Å². The van der Waals surface area contributed by atoms with Crippen LogP contribution in [0.4, 0.5) is 0 Å². The number of sulfonamides is 1. The predicted molar refractivity (Wildman–Crippen MR) is 87.0 cm³/mol. The fourth-order valence-corrected chi connectivity index (χ4v) is 4.59. The first-order valence-corrected chi connectivity index (χ1v) is 9.07. The molecule has 3 heterocycles. The van der Waals surface area contributed by atoms with E-state index in [1.807, 2.05) is 0 Å². The van der Waals surface area contributed by atoms with Gasteiger partial charge in [-0.05, 0) is 26.0 Å². The maximum atomic E-state index is 12.8. The molecule has 8 nitrogen and oxygen atoms in total. The Kier molecular flexibility index (Phi) is 4.37. The van der Waals surface area contributed by atoms with Gasteiger partial charge in [-0.2, -0.15) is 9.40 Å². The topological polar surface area (TPSA) is 99.3 Å². The minimum absolute atomic E-state index is 0.177. The molecule has 1 amide bonds. The summed E-state index contributed by atoms with van der Waals surface area (Å²) in [5.41, 5.74) is 1.36. The van der Waals surface area contributed by atoms with Crippen molar-refractivity contribution in [2.75, 3.05) is 26.2 Å². The second kappa shape index (κ2) is 6.33. The largest absolute Gasteiger partial charge is 0.335 e. The van der Waals surface area contributed by atoms with E-state index >= 15 is 0 Å². The molecule has 0 saturated carbocycles. The summed E-state index contributed by atoms with van der Waals surface area (Å²) < 4.78 is 27.0. The van der Waals surface area contributed by atoms with Crippen LogP contribution >= 0.6 is 0 Å². The molecule has 1 fully saturated rings. The molecule has 1 N–H and O–H groups in total. The number of rotatable bonds is 3. The Hall–Kier alpha value is -2.26. The lowest BCUT2D eigenvalue weighted by molar-refractivity contribution is 0.0692. The first kappa shape index (κ1) is 16.6. The van der Waals surface area contributed by atoms with E-state index in [2.05, 4.69) is 15.2 Å². The van der Waals surface area contributed by atoms with Crippen molar-refractivity contribution in [2.24, 2.45) is 0 Å². The van der Waals surface area contributed by atoms with E-state index in [4.69, 9.17) is 0 Å². The maximum absolute atomic E-state index is 12.8. The van der Waals surface area contributed by atoms with Crippen molar-refractivity contribution in [1.29, 1.82) is 0 Å². The van der Waals surface area contributed by atoms with Gasteiger partial charge < -0.3 is 4.90 Å². The van der Waals surface area contributed by atoms with Crippen LogP contribution in [0.5, 0.6) is 0 Å². The zero-order valence-electron chi connectivity index (χ0n) is 13.6. The summed E-state index contributed by atoms with van der Waals surface area (Å²) in [5, 5.41) is 6.66. The SMILES string of the molecule is Cc1n[nH]c(C)c1S(=O)(=O)N1CCN(C(=O)c2ccccn2)CC1. The van der Waals surface area contributed by atoms with Gasteiger partial charge in [-0.15, -0.1) is 0 Å². The Balaban J connectivity index is 1.72. The number of carbonyl (C=O) groups excluding carboxylic acids is 1. The molecule has 1 aliphatic rings. The number of aromatic amines is 1. The van der Waals surface area contributed by atoms with Gasteiger partial charge in [0.2, 0.25) is 10.0 Å². The minimum Gasteiger partial charge on any atom is -0.335 e. The van der Waals surface area contributed by atoms with Crippen molar-refractivity contribution in [3.63, 3.8) is 0 Å². The summed E-state index contributed by atoms with van der Waals surface area (Å²) in [6, 6.07) is 5.16. The molecule has 0 radical (unpaired) electrons. The molecule has 1 saturated heterocycles. The fraction of sp³-hybridized carbons (Fsp3) is 0.400. The van der Waals surface area contributed by atoms with Gasteiger partial charge in [-0.25, -0.2) is 8.42 Å². The monoisotopic (exact) mass is 349 g/mol. The molecule has 2 aromatic heterocycles. The summed E-state index contributed by atoms with van der Waals surface area (Å²) in [7, 11) is -3.61. The number of H-pyrrole nitrogens is 1. The second-order valence-corrected chi connectivity index (χ2v) is 7.55. The molecule has 0 bridgehead atoms. The summed E-state index contributed by atoms with van der Waals surface area (Å²) >= 11 is 0. The van der Waals surface area contributed by atoms with Crippen LogP contribution in [-0.4, -0.2) is 64.9 Å². The van der Waals surface area contributed by atoms with Crippen molar-refractivity contribution in [2.45, 2.75) is 18.7 Å². The zero-order valence-corrected chi connectivity index (χ0v) is 14.4. The van der Waals surface area contributed by atoms with E-state index in [9.17, 15) is 13.2 Å². The van der Waals surface area contributed by atoms with Crippen molar-refractivity contribution in [1.82, 2.24) is 24.4 Å². The molecule has 128 valence electrons. The number of nitrogens with zero attached hydrogens (tertiary/aromatic N) is 4. The average Bonchev–Trinajstić information content (AvgIpc) is 2.94. The van der Waals surface area contributed by atoms with Crippen LogP contribution in [0.3, 0.4) is 0 Å². The van der Waals surface area contributed by atoms with Crippen LogP contribution in [0.2, 0.25) is 0 Å². The van der Waals surface area contributed by atoms with Gasteiger partial charge in [0.05, 0.1) is 11.4 Å². The summed E-state index contributed by atoms with van der Waals surface area (Å²) in [4.78, 5) is 18.3. The average molecular weight is 349 g/mol. The van der Waals surface area contributed by atoms with Crippen LogP contribution in [0.25, 0.3) is 0 Å². The van der Waals surface area contributed by atoms with Crippen molar-refractivity contribution >= 4 is 15.9 Å². The molecule has 0 atom stereocenters. The van der Waals surface area contributed by atoms with E-state index in [0.717, 1.165) is 0 Å². The summed E-state index contributed by atoms with van der Waals surface area (Å²) in [6.45, 7) is 4.54. The zero-order chi connectivity index (χ0) is 17.3.